The van der Waals surface area contributed by atoms with Gasteiger partial charge in [-0.15, -0.1) is 0 Å². The monoisotopic (exact) mass is 383 g/mol. The van der Waals surface area contributed by atoms with Crippen LogP contribution in [-0.2, 0) is 28.5 Å². The second-order valence-electron chi connectivity index (χ2n) is 6.14. The first-order valence-corrected chi connectivity index (χ1v) is 8.39. The van der Waals surface area contributed by atoms with Crippen LogP contribution in [0, 0.1) is 0 Å². The van der Waals surface area contributed by atoms with E-state index in [1.54, 1.807) is 0 Å². The van der Waals surface area contributed by atoms with Crippen molar-refractivity contribution in [3.05, 3.63) is 0 Å². The molecule has 152 valence electrons. The summed E-state index contributed by atoms with van der Waals surface area (Å²) in [5.41, 5.74) is 0. The molecule has 2 rings (SSSR count). The first kappa shape index (κ1) is 18.5. The second kappa shape index (κ2) is 10.5. The Balaban J connectivity index is 1.94. The van der Waals surface area contributed by atoms with Crippen molar-refractivity contribution in [2.75, 3.05) is 47.2 Å². The summed E-state index contributed by atoms with van der Waals surface area (Å²) in [5, 5.41) is 32.1. The Morgan fingerprint density at radius 2 is 2.12 bits per heavy atom. The van der Waals surface area contributed by atoms with Gasteiger partial charge < -0.3 is 44.3 Å². The predicted octanol–water partition coefficient (Wildman–Crippen LogP) is -2.58. The molecule has 9 atom stereocenters. The number of carbonyl (C=O) groups is 1. The molecule has 0 saturated carbocycles. The average molecular weight is 383 g/mol. The number of hydrogen-bond donors (Lipinski definition) is 4. The Kier molecular flexibility index (Phi) is 7.46. The van der Waals surface area contributed by atoms with Crippen LogP contribution in [0.15, 0.2) is 0 Å². The van der Waals surface area contributed by atoms with Gasteiger partial charge in [-0.1, -0.05) is 0 Å². The van der Waals surface area contributed by atoms with Crippen LogP contribution >= 0.6 is 0 Å². The largest absolute Gasteiger partial charge is 0.394 e. The smallest absolute Gasteiger partial charge is 0.246 e. The number of methoxy groups -OCH3 is 2. The number of aliphatic hydroxyl groups excluding tert-OH is 3. The van der Waals surface area contributed by atoms with Gasteiger partial charge in [0.25, 0.3) is 0 Å². The van der Waals surface area contributed by atoms with Crippen LogP contribution in [0.4, 0.5) is 0 Å². The Hall–Kier alpha value is -0.850. The molecule has 10 heteroatoms. The first-order valence-electron chi connectivity index (χ1n) is 9.54. The summed E-state index contributed by atoms with van der Waals surface area (Å²) in [6.07, 6.45) is -5.70. The maximum Gasteiger partial charge on any atom is 0.246 e. The Bertz CT molecular complexity index is 503. The summed E-state index contributed by atoms with van der Waals surface area (Å²) in [6.45, 7) is -2.99. The normalized spacial score (nSPS) is 42.3. The SMILES string of the molecule is [3H][C@@H]1O[C@H](CO)[C@@H](OCC(=O)N[C@@H](CCOC)[C@H]2O[C@@H]([3H])[C@H](OC)[C@@H]2O)[C@H]1O. The van der Waals surface area contributed by atoms with E-state index in [-0.39, 0.29) is 6.61 Å². The van der Waals surface area contributed by atoms with E-state index in [4.69, 9.17) is 26.4 Å². The van der Waals surface area contributed by atoms with Crippen LogP contribution in [-0.4, -0.2) is 111 Å². The molecule has 2 aliphatic heterocycles. The van der Waals surface area contributed by atoms with Gasteiger partial charge in [0, 0.05) is 20.8 Å². The Morgan fingerprint density at radius 3 is 2.73 bits per heavy atom. The highest BCUT2D eigenvalue weighted by atomic mass is 16.6. The van der Waals surface area contributed by atoms with E-state index in [0.717, 1.165) is 0 Å². The minimum absolute atomic E-state index is 0.279. The molecule has 0 aliphatic carbocycles. The van der Waals surface area contributed by atoms with Crippen molar-refractivity contribution in [2.24, 2.45) is 0 Å². The summed E-state index contributed by atoms with van der Waals surface area (Å²) in [5.74, 6) is -0.559. The number of rotatable bonds is 10. The molecule has 0 unspecified atom stereocenters. The third kappa shape index (κ3) is 5.33. The molecule has 0 radical (unpaired) electrons. The van der Waals surface area contributed by atoms with Gasteiger partial charge in [0.2, 0.25) is 5.91 Å². The molecular weight excluding hydrogens is 350 g/mol. The van der Waals surface area contributed by atoms with E-state index in [1.807, 2.05) is 0 Å². The highest BCUT2D eigenvalue weighted by molar-refractivity contribution is 5.77. The van der Waals surface area contributed by atoms with E-state index < -0.39 is 75.0 Å². The molecule has 0 aromatic carbocycles. The highest BCUT2D eigenvalue weighted by Gasteiger charge is 2.42. The Morgan fingerprint density at radius 1 is 1.35 bits per heavy atom. The topological polar surface area (TPSA) is 136 Å². The fourth-order valence-electron chi connectivity index (χ4n) is 2.94. The lowest BCUT2D eigenvalue weighted by Gasteiger charge is -2.27. The van der Waals surface area contributed by atoms with Crippen LogP contribution in [0.3, 0.4) is 0 Å². The fourth-order valence-corrected chi connectivity index (χ4v) is 2.94. The van der Waals surface area contributed by atoms with Crippen molar-refractivity contribution in [3.8, 4) is 0 Å². The quantitative estimate of drug-likeness (QED) is 0.321. The lowest BCUT2D eigenvalue weighted by Crippen LogP contribution is -2.50. The fraction of sp³-hybridized carbons (Fsp3) is 0.938. The number of nitrogens with one attached hydrogen (secondary N) is 1. The van der Waals surface area contributed by atoms with Crippen molar-refractivity contribution in [2.45, 2.75) is 49.1 Å². The third-order valence-corrected chi connectivity index (χ3v) is 4.37. The zero-order valence-corrected chi connectivity index (χ0v) is 14.8. The zero-order chi connectivity index (χ0) is 20.8. The van der Waals surface area contributed by atoms with Gasteiger partial charge in [-0.25, -0.2) is 0 Å². The molecule has 0 spiro atoms. The van der Waals surface area contributed by atoms with Crippen LogP contribution in [0.25, 0.3) is 0 Å². The molecule has 0 aromatic rings. The van der Waals surface area contributed by atoms with Crippen LogP contribution in [0.2, 0.25) is 0 Å². The number of aliphatic hydroxyl groups is 3. The van der Waals surface area contributed by atoms with E-state index in [0.29, 0.717) is 6.42 Å². The van der Waals surface area contributed by atoms with Crippen molar-refractivity contribution < 1.29 is 46.5 Å². The van der Waals surface area contributed by atoms with Gasteiger partial charge in [0.05, 0.1) is 28.6 Å². The van der Waals surface area contributed by atoms with Gasteiger partial charge in [-0.05, 0) is 6.42 Å². The van der Waals surface area contributed by atoms with E-state index in [9.17, 15) is 20.1 Å². The lowest BCUT2D eigenvalue weighted by molar-refractivity contribution is -0.134. The maximum absolute atomic E-state index is 12.3. The molecular formula is C16H29NO9. The van der Waals surface area contributed by atoms with Gasteiger partial charge in [0.15, 0.2) is 0 Å². The number of amides is 1. The van der Waals surface area contributed by atoms with Crippen LogP contribution < -0.4 is 5.32 Å². The third-order valence-electron chi connectivity index (χ3n) is 4.37. The second-order valence-corrected chi connectivity index (χ2v) is 6.14. The van der Waals surface area contributed by atoms with Crippen LogP contribution in [0.1, 0.15) is 9.16 Å². The van der Waals surface area contributed by atoms with Gasteiger partial charge >= 0.3 is 0 Å². The van der Waals surface area contributed by atoms with E-state index >= 15 is 0 Å². The van der Waals surface area contributed by atoms with E-state index in [1.165, 1.54) is 14.2 Å². The summed E-state index contributed by atoms with van der Waals surface area (Å²) in [7, 11) is 2.86. The van der Waals surface area contributed by atoms with Crippen molar-refractivity contribution in [1.82, 2.24) is 5.32 Å². The summed E-state index contributed by atoms with van der Waals surface area (Å²) in [4.78, 5) is 12.3. The summed E-state index contributed by atoms with van der Waals surface area (Å²) < 4.78 is 41.3. The molecule has 26 heavy (non-hydrogen) atoms. The van der Waals surface area contributed by atoms with Crippen molar-refractivity contribution in [1.29, 1.82) is 0 Å². The van der Waals surface area contributed by atoms with Gasteiger partial charge in [-0.2, -0.15) is 0 Å². The standard InChI is InChI=1S/C16H29NO9/c1-22-4-3-9(15-14(21)12(23-2)7-25-15)17-13(20)8-26-16-10(19)6-24-11(16)5-18/h9-12,14-16,18-19,21H,3-8H2,1-2H3,(H,17,20)/t9-,10-,11+,12-,14-,15+,16-/m0/s1/i6T,7T/t6-,7-,9-,10-,11+,12-,14-,15+,16-. The highest BCUT2D eigenvalue weighted by Crippen LogP contribution is 2.22. The number of ether oxygens (including phenoxy) is 5. The predicted molar refractivity (Wildman–Crippen MR) is 87.5 cm³/mol. The molecule has 2 aliphatic rings. The minimum Gasteiger partial charge on any atom is -0.394 e. The van der Waals surface area contributed by atoms with E-state index in [2.05, 4.69) is 5.32 Å². The average Bonchev–Trinajstić information content (AvgIpc) is 3.11. The lowest BCUT2D eigenvalue weighted by atomic mass is 10.0. The summed E-state index contributed by atoms with van der Waals surface area (Å²) in [6, 6.07) is -0.665. The summed E-state index contributed by atoms with van der Waals surface area (Å²) >= 11 is 0. The molecule has 1 amide bonds. The molecule has 4 N–H and O–H groups in total. The van der Waals surface area contributed by atoms with Gasteiger partial charge in [-0.3, -0.25) is 4.79 Å². The number of carbonyl (C=O) groups excluding carboxylic acids is 1. The zero-order valence-electron chi connectivity index (χ0n) is 16.8. The maximum atomic E-state index is 12.3. The van der Waals surface area contributed by atoms with Gasteiger partial charge in [0.1, 0.15) is 43.2 Å². The van der Waals surface area contributed by atoms with Crippen LogP contribution in [0.5, 0.6) is 0 Å². The minimum atomic E-state index is -1.29. The molecule has 0 aromatic heterocycles. The molecule has 2 fully saturated rings. The molecule has 2 saturated heterocycles. The molecule has 10 nitrogen and oxygen atoms in total. The molecule has 0 bridgehead atoms. The Labute approximate surface area is 155 Å². The first-order chi connectivity index (χ1) is 13.3. The van der Waals surface area contributed by atoms with Crippen molar-refractivity contribution >= 4 is 5.91 Å². The number of hydrogen-bond acceptors (Lipinski definition) is 9. The van der Waals surface area contributed by atoms with Crippen molar-refractivity contribution in [3.63, 3.8) is 0 Å². The molecule has 2 heterocycles.